The van der Waals surface area contributed by atoms with E-state index in [0.717, 1.165) is 36.3 Å². The predicted octanol–water partition coefficient (Wildman–Crippen LogP) is 3.14. The fraction of sp³-hybridized carbons (Fsp3) is 0.412. The number of aryl methyl sites for hydroxylation is 1. The van der Waals surface area contributed by atoms with E-state index in [-0.39, 0.29) is 11.5 Å². The first-order valence-electron chi connectivity index (χ1n) is 7.26. The quantitative estimate of drug-likeness (QED) is 0.909. The van der Waals surface area contributed by atoms with Crippen LogP contribution < -0.4 is 5.73 Å². The van der Waals surface area contributed by atoms with E-state index in [9.17, 15) is 0 Å². The molecule has 0 spiro atoms. The molecule has 0 bridgehead atoms. The van der Waals surface area contributed by atoms with Gasteiger partial charge in [0.2, 0.25) is 0 Å². The lowest BCUT2D eigenvalue weighted by Crippen LogP contribution is -2.26. The van der Waals surface area contributed by atoms with Crippen molar-refractivity contribution in [2.75, 3.05) is 0 Å². The highest BCUT2D eigenvalue weighted by molar-refractivity contribution is 5.33. The van der Waals surface area contributed by atoms with Gasteiger partial charge in [0.05, 0.1) is 0 Å². The van der Waals surface area contributed by atoms with Gasteiger partial charge in [-0.2, -0.15) is 0 Å². The molecule has 0 saturated carbocycles. The Morgan fingerprint density at radius 2 is 1.95 bits per heavy atom. The molecule has 2 N–H and O–H groups in total. The highest BCUT2D eigenvalue weighted by Crippen LogP contribution is 2.32. The van der Waals surface area contributed by atoms with Gasteiger partial charge in [0.1, 0.15) is 5.82 Å². The first-order valence-corrected chi connectivity index (χ1v) is 7.26. The van der Waals surface area contributed by atoms with Crippen LogP contribution in [0.15, 0.2) is 36.5 Å². The van der Waals surface area contributed by atoms with Crippen LogP contribution in [0.5, 0.6) is 0 Å². The molecule has 20 heavy (non-hydrogen) atoms. The predicted molar refractivity (Wildman–Crippen MR) is 80.5 cm³/mol. The number of nitrogens with two attached hydrogens (primary N) is 1. The number of nitrogens with zero attached hydrogens (tertiary/aromatic N) is 2. The zero-order chi connectivity index (χ0) is 14.2. The molecule has 1 unspecified atom stereocenters. The lowest BCUT2D eigenvalue weighted by molar-refractivity contribution is 0.531. The summed E-state index contributed by atoms with van der Waals surface area (Å²) in [5.74, 6) is 0.886. The van der Waals surface area contributed by atoms with Crippen LogP contribution in [0.1, 0.15) is 55.4 Å². The molecule has 0 fully saturated rings. The van der Waals surface area contributed by atoms with Gasteiger partial charge in [-0.25, -0.2) is 9.97 Å². The Labute approximate surface area is 120 Å². The van der Waals surface area contributed by atoms with Gasteiger partial charge < -0.3 is 5.73 Å². The van der Waals surface area contributed by atoms with Crippen LogP contribution in [0.25, 0.3) is 0 Å². The second-order valence-corrected chi connectivity index (χ2v) is 6.09. The number of aromatic nitrogens is 2. The lowest BCUT2D eigenvalue weighted by atomic mass is 9.83. The second kappa shape index (κ2) is 4.98. The van der Waals surface area contributed by atoms with Crippen molar-refractivity contribution in [1.82, 2.24) is 9.97 Å². The zero-order valence-electron chi connectivity index (χ0n) is 12.1. The molecule has 0 saturated heterocycles. The Balaban J connectivity index is 2.02. The molecule has 0 aliphatic heterocycles. The van der Waals surface area contributed by atoms with Crippen molar-refractivity contribution < 1.29 is 0 Å². The maximum Gasteiger partial charge on any atom is 0.138 e. The average molecular weight is 267 g/mol. The van der Waals surface area contributed by atoms with Crippen LogP contribution in [0.3, 0.4) is 0 Å². The normalized spacial score (nSPS) is 18.6. The minimum absolute atomic E-state index is 0.104. The molecule has 0 amide bonds. The molecule has 3 nitrogen and oxygen atoms in total. The Morgan fingerprint density at radius 1 is 1.20 bits per heavy atom. The molecule has 1 aliphatic rings. The van der Waals surface area contributed by atoms with E-state index in [2.05, 4.69) is 43.1 Å². The Hall–Kier alpha value is -1.74. The highest BCUT2D eigenvalue weighted by Gasteiger charge is 2.28. The van der Waals surface area contributed by atoms with Gasteiger partial charge in [-0.15, -0.1) is 0 Å². The van der Waals surface area contributed by atoms with Gasteiger partial charge in [-0.05, 0) is 38.7 Å². The SMILES string of the molecule is CC(C)(c1ccccc1)c1ncc2c(n1)CCCC2N. The lowest BCUT2D eigenvalue weighted by Gasteiger charge is -2.27. The molecule has 1 aromatic heterocycles. The second-order valence-electron chi connectivity index (χ2n) is 6.09. The van der Waals surface area contributed by atoms with Crippen LogP contribution in [-0.4, -0.2) is 9.97 Å². The molecule has 1 aliphatic carbocycles. The van der Waals surface area contributed by atoms with E-state index < -0.39 is 0 Å². The third-order valence-electron chi connectivity index (χ3n) is 4.28. The summed E-state index contributed by atoms with van der Waals surface area (Å²) < 4.78 is 0. The van der Waals surface area contributed by atoms with Crippen LogP contribution in [0.4, 0.5) is 0 Å². The summed E-state index contributed by atoms with van der Waals surface area (Å²) in [6.45, 7) is 4.35. The standard InChI is InChI=1S/C17H21N3/c1-17(2,12-7-4-3-5-8-12)16-19-11-13-14(18)9-6-10-15(13)20-16/h3-5,7-8,11,14H,6,9-10,18H2,1-2H3. The van der Waals surface area contributed by atoms with Crippen LogP contribution in [0.2, 0.25) is 0 Å². The summed E-state index contributed by atoms with van der Waals surface area (Å²) >= 11 is 0. The average Bonchev–Trinajstić information content (AvgIpc) is 2.48. The van der Waals surface area contributed by atoms with E-state index in [1.54, 1.807) is 0 Å². The van der Waals surface area contributed by atoms with E-state index in [1.807, 2.05) is 12.3 Å². The Morgan fingerprint density at radius 3 is 2.70 bits per heavy atom. The highest BCUT2D eigenvalue weighted by atomic mass is 14.9. The van der Waals surface area contributed by atoms with Gasteiger partial charge in [-0.3, -0.25) is 0 Å². The number of hydrogen-bond acceptors (Lipinski definition) is 3. The van der Waals surface area contributed by atoms with Gasteiger partial charge in [-0.1, -0.05) is 30.3 Å². The fourth-order valence-electron chi connectivity index (χ4n) is 2.87. The summed E-state index contributed by atoms with van der Waals surface area (Å²) in [5, 5.41) is 0. The number of hydrogen-bond donors (Lipinski definition) is 1. The van der Waals surface area contributed by atoms with Crippen molar-refractivity contribution >= 4 is 0 Å². The van der Waals surface area contributed by atoms with Crippen molar-refractivity contribution in [1.29, 1.82) is 0 Å². The maximum atomic E-state index is 6.14. The summed E-state index contributed by atoms with van der Waals surface area (Å²) in [6, 6.07) is 10.5. The molecule has 0 radical (unpaired) electrons. The van der Waals surface area contributed by atoms with Crippen LogP contribution in [-0.2, 0) is 11.8 Å². The monoisotopic (exact) mass is 267 g/mol. The summed E-state index contributed by atoms with van der Waals surface area (Å²) in [6.07, 6.45) is 5.11. The number of benzene rings is 1. The Kier molecular flexibility index (Phi) is 3.30. The third-order valence-corrected chi connectivity index (χ3v) is 4.28. The molecule has 3 rings (SSSR count). The first kappa shape index (κ1) is 13.3. The van der Waals surface area contributed by atoms with E-state index >= 15 is 0 Å². The van der Waals surface area contributed by atoms with Crippen molar-refractivity contribution in [3.8, 4) is 0 Å². The molecule has 1 atom stereocenters. The molecule has 104 valence electrons. The Bertz CT molecular complexity index is 605. The van der Waals surface area contributed by atoms with Crippen molar-refractivity contribution in [2.45, 2.75) is 44.6 Å². The molecule has 2 aromatic rings. The fourth-order valence-corrected chi connectivity index (χ4v) is 2.87. The van der Waals surface area contributed by atoms with E-state index in [4.69, 9.17) is 10.7 Å². The van der Waals surface area contributed by atoms with Gasteiger partial charge in [0, 0.05) is 28.9 Å². The van der Waals surface area contributed by atoms with Crippen molar-refractivity contribution in [3.63, 3.8) is 0 Å². The maximum absolute atomic E-state index is 6.14. The van der Waals surface area contributed by atoms with E-state index in [1.165, 1.54) is 5.56 Å². The summed E-state index contributed by atoms with van der Waals surface area (Å²) in [5.41, 5.74) is 9.46. The third kappa shape index (κ3) is 2.22. The van der Waals surface area contributed by atoms with Crippen LogP contribution in [0, 0.1) is 0 Å². The van der Waals surface area contributed by atoms with Gasteiger partial charge >= 0.3 is 0 Å². The minimum Gasteiger partial charge on any atom is -0.324 e. The van der Waals surface area contributed by atoms with Gasteiger partial charge in [0.25, 0.3) is 0 Å². The molecule has 1 heterocycles. The smallest absolute Gasteiger partial charge is 0.138 e. The van der Waals surface area contributed by atoms with Crippen molar-refractivity contribution in [3.05, 3.63) is 59.2 Å². The number of rotatable bonds is 2. The van der Waals surface area contributed by atoms with E-state index in [0.29, 0.717) is 0 Å². The topological polar surface area (TPSA) is 51.8 Å². The zero-order valence-corrected chi connectivity index (χ0v) is 12.1. The summed E-state index contributed by atoms with van der Waals surface area (Å²) in [4.78, 5) is 9.42. The molecule has 3 heteroatoms. The van der Waals surface area contributed by atoms with Crippen molar-refractivity contribution in [2.24, 2.45) is 5.73 Å². The summed E-state index contributed by atoms with van der Waals surface area (Å²) in [7, 11) is 0. The largest absolute Gasteiger partial charge is 0.324 e. The first-order chi connectivity index (χ1) is 9.59. The van der Waals surface area contributed by atoms with Crippen LogP contribution >= 0.6 is 0 Å². The molecular formula is C17H21N3. The minimum atomic E-state index is -0.183. The van der Waals surface area contributed by atoms with Gasteiger partial charge in [0.15, 0.2) is 0 Å². The molecular weight excluding hydrogens is 246 g/mol. The molecule has 1 aromatic carbocycles. The number of fused-ring (bicyclic) bond motifs is 1.